The molecule has 0 bridgehead atoms. The van der Waals surface area contributed by atoms with Crippen LogP contribution in [0.25, 0.3) is 11.4 Å². The molecule has 8 nitrogen and oxygen atoms in total. The smallest absolute Gasteiger partial charge is 0.234 e. The number of nitrogens with one attached hydrogen (secondary N) is 1. The normalized spacial score (nSPS) is 10.8. The van der Waals surface area contributed by atoms with E-state index in [1.807, 2.05) is 47.9 Å². The summed E-state index contributed by atoms with van der Waals surface area (Å²) in [5.41, 5.74) is 2.19. The zero-order valence-corrected chi connectivity index (χ0v) is 20.4. The van der Waals surface area contributed by atoms with Crippen LogP contribution in [0, 0.1) is 6.92 Å². The van der Waals surface area contributed by atoms with E-state index in [1.54, 1.807) is 25.5 Å². The lowest BCUT2D eigenvalue weighted by molar-refractivity contribution is -0.113. The number of methoxy groups -OCH3 is 2. The van der Waals surface area contributed by atoms with Gasteiger partial charge >= 0.3 is 0 Å². The van der Waals surface area contributed by atoms with Crippen molar-refractivity contribution in [1.29, 1.82) is 0 Å². The first-order valence-electron chi connectivity index (χ1n) is 10.4. The Morgan fingerprint density at radius 3 is 2.65 bits per heavy atom. The predicted molar refractivity (Wildman–Crippen MR) is 132 cm³/mol. The zero-order valence-electron chi connectivity index (χ0n) is 18.9. The minimum Gasteiger partial charge on any atom is -0.496 e. The van der Waals surface area contributed by atoms with E-state index in [0.29, 0.717) is 39.7 Å². The fraction of sp³-hybridized carbons (Fsp3) is 0.208. The van der Waals surface area contributed by atoms with Gasteiger partial charge in [0.25, 0.3) is 0 Å². The molecule has 176 valence electrons. The number of halogens is 1. The molecule has 0 atom stereocenters. The summed E-state index contributed by atoms with van der Waals surface area (Å²) in [5, 5.41) is 12.8. The number of anilines is 1. The molecule has 4 aromatic rings. The highest BCUT2D eigenvalue weighted by Crippen LogP contribution is 2.33. The molecular weight excluding hydrogens is 476 g/mol. The van der Waals surface area contributed by atoms with Crippen LogP contribution in [0.15, 0.2) is 64.4 Å². The summed E-state index contributed by atoms with van der Waals surface area (Å²) in [6.45, 7) is 2.27. The molecule has 0 spiro atoms. The highest BCUT2D eigenvalue weighted by molar-refractivity contribution is 7.99. The van der Waals surface area contributed by atoms with Crippen LogP contribution >= 0.6 is 23.4 Å². The lowest BCUT2D eigenvalue weighted by atomic mass is 10.2. The Morgan fingerprint density at radius 2 is 1.91 bits per heavy atom. The van der Waals surface area contributed by atoms with Gasteiger partial charge in [-0.25, -0.2) is 0 Å². The number of furan rings is 1. The summed E-state index contributed by atoms with van der Waals surface area (Å²) >= 11 is 7.44. The minimum atomic E-state index is -0.212. The number of hydrogen-bond acceptors (Lipinski definition) is 7. The van der Waals surface area contributed by atoms with Gasteiger partial charge in [-0.3, -0.25) is 9.36 Å². The van der Waals surface area contributed by atoms with Crippen molar-refractivity contribution in [1.82, 2.24) is 14.8 Å². The Hall–Kier alpha value is -3.43. The van der Waals surface area contributed by atoms with E-state index in [0.717, 1.165) is 16.9 Å². The van der Waals surface area contributed by atoms with Gasteiger partial charge in [-0.15, -0.1) is 10.2 Å². The van der Waals surface area contributed by atoms with E-state index in [4.69, 9.17) is 25.5 Å². The molecule has 34 heavy (non-hydrogen) atoms. The first-order valence-corrected chi connectivity index (χ1v) is 11.7. The van der Waals surface area contributed by atoms with Crippen LogP contribution < -0.4 is 14.8 Å². The van der Waals surface area contributed by atoms with E-state index >= 15 is 0 Å². The first-order chi connectivity index (χ1) is 16.5. The van der Waals surface area contributed by atoms with Crippen molar-refractivity contribution in [2.24, 2.45) is 0 Å². The maximum Gasteiger partial charge on any atom is 0.234 e. The van der Waals surface area contributed by atoms with Crippen molar-refractivity contribution in [3.63, 3.8) is 0 Å². The molecule has 0 aliphatic heterocycles. The lowest BCUT2D eigenvalue weighted by Gasteiger charge is -2.13. The number of nitrogens with zero attached hydrogens (tertiary/aromatic N) is 3. The third-order valence-corrected chi connectivity index (χ3v) is 6.42. The Morgan fingerprint density at radius 1 is 1.12 bits per heavy atom. The number of carbonyl (C=O) groups excluding carboxylic acids is 1. The molecule has 1 amide bonds. The SMILES string of the molecule is COc1cc(Cl)c(C)cc1NC(=O)CSc1nnc(-c2ccccc2OC)n1Cc1ccco1. The van der Waals surface area contributed by atoms with Gasteiger partial charge in [-0.05, 0) is 42.8 Å². The number of carbonyl (C=O) groups is 1. The molecule has 2 aromatic heterocycles. The van der Waals surface area contributed by atoms with E-state index in [-0.39, 0.29) is 11.7 Å². The average molecular weight is 499 g/mol. The quantitative estimate of drug-likeness (QED) is 0.313. The fourth-order valence-electron chi connectivity index (χ4n) is 3.37. The topological polar surface area (TPSA) is 91.4 Å². The molecule has 0 unspecified atom stereocenters. The summed E-state index contributed by atoms with van der Waals surface area (Å²) in [6, 6.07) is 14.7. The molecule has 0 aliphatic rings. The highest BCUT2D eigenvalue weighted by atomic mass is 35.5. The molecule has 2 heterocycles. The molecule has 4 rings (SSSR count). The van der Waals surface area contributed by atoms with Crippen LogP contribution in [0.4, 0.5) is 5.69 Å². The van der Waals surface area contributed by atoms with Crippen molar-refractivity contribution in [2.45, 2.75) is 18.6 Å². The number of benzene rings is 2. The second-order valence-corrected chi connectivity index (χ2v) is 8.66. The predicted octanol–water partition coefficient (Wildman–Crippen LogP) is 5.30. The molecule has 0 aliphatic carbocycles. The fourth-order valence-corrected chi connectivity index (χ4v) is 4.26. The number of aromatic nitrogens is 3. The van der Waals surface area contributed by atoms with Crippen LogP contribution in [0.3, 0.4) is 0 Å². The van der Waals surface area contributed by atoms with Crippen LogP contribution in [0.5, 0.6) is 11.5 Å². The van der Waals surface area contributed by atoms with Crippen LogP contribution in [-0.2, 0) is 11.3 Å². The van der Waals surface area contributed by atoms with Crippen molar-refractivity contribution >= 4 is 35.0 Å². The summed E-state index contributed by atoms with van der Waals surface area (Å²) in [5.74, 6) is 2.43. The third-order valence-electron chi connectivity index (χ3n) is 5.05. The summed E-state index contributed by atoms with van der Waals surface area (Å²) < 4.78 is 18.3. The number of para-hydroxylation sites is 1. The molecule has 2 aromatic carbocycles. The van der Waals surface area contributed by atoms with Crippen molar-refractivity contribution < 1.29 is 18.7 Å². The van der Waals surface area contributed by atoms with Gasteiger partial charge in [-0.2, -0.15) is 0 Å². The Kier molecular flexibility index (Phi) is 7.44. The second kappa shape index (κ2) is 10.7. The molecular formula is C24H23ClN4O4S. The van der Waals surface area contributed by atoms with Crippen LogP contribution in [0.2, 0.25) is 5.02 Å². The van der Waals surface area contributed by atoms with Gasteiger partial charge in [0.2, 0.25) is 5.91 Å². The summed E-state index contributed by atoms with van der Waals surface area (Å²) in [4.78, 5) is 12.7. The number of ether oxygens (including phenoxy) is 2. The average Bonchev–Trinajstić information content (AvgIpc) is 3.50. The molecule has 10 heteroatoms. The number of thioether (sulfide) groups is 1. The van der Waals surface area contributed by atoms with Gasteiger partial charge in [-0.1, -0.05) is 35.5 Å². The van der Waals surface area contributed by atoms with Gasteiger partial charge in [0.1, 0.15) is 17.3 Å². The standard InChI is InChI=1S/C24H23ClN4O4S/c1-15-11-19(21(32-3)12-18(15)25)26-22(30)14-34-24-28-27-23(17-8-4-5-9-20(17)31-2)29(24)13-16-7-6-10-33-16/h4-12H,13-14H2,1-3H3,(H,26,30). The Balaban J connectivity index is 1.57. The maximum absolute atomic E-state index is 12.7. The van der Waals surface area contributed by atoms with Crippen LogP contribution in [0.1, 0.15) is 11.3 Å². The number of amides is 1. The first kappa shape index (κ1) is 23.7. The summed E-state index contributed by atoms with van der Waals surface area (Å²) in [7, 11) is 3.14. The third kappa shape index (κ3) is 5.21. The monoisotopic (exact) mass is 498 g/mol. The molecule has 0 fully saturated rings. The van der Waals surface area contributed by atoms with Gasteiger partial charge in [0, 0.05) is 11.1 Å². The van der Waals surface area contributed by atoms with E-state index in [9.17, 15) is 4.79 Å². The summed E-state index contributed by atoms with van der Waals surface area (Å²) in [6.07, 6.45) is 1.62. The van der Waals surface area contributed by atoms with Crippen molar-refractivity contribution in [2.75, 3.05) is 25.3 Å². The number of rotatable bonds is 9. The second-order valence-electron chi connectivity index (χ2n) is 7.31. The van der Waals surface area contributed by atoms with Gasteiger partial charge in [0.05, 0.1) is 44.0 Å². The maximum atomic E-state index is 12.7. The minimum absolute atomic E-state index is 0.118. The zero-order chi connectivity index (χ0) is 24.1. The number of aryl methyl sites for hydroxylation is 1. The molecule has 1 N–H and O–H groups in total. The molecule has 0 saturated heterocycles. The van der Waals surface area contributed by atoms with Crippen LogP contribution in [-0.4, -0.2) is 40.6 Å². The Labute approximate surface area is 206 Å². The van der Waals surface area contributed by atoms with Gasteiger partial charge in [0.15, 0.2) is 11.0 Å². The Bertz CT molecular complexity index is 1290. The number of hydrogen-bond donors (Lipinski definition) is 1. The lowest BCUT2D eigenvalue weighted by Crippen LogP contribution is -2.15. The molecule has 0 radical (unpaired) electrons. The molecule has 0 saturated carbocycles. The van der Waals surface area contributed by atoms with Crippen molar-refractivity contribution in [3.8, 4) is 22.9 Å². The van der Waals surface area contributed by atoms with E-state index < -0.39 is 0 Å². The largest absolute Gasteiger partial charge is 0.496 e. The van der Waals surface area contributed by atoms with Crippen molar-refractivity contribution in [3.05, 3.63) is 71.1 Å². The van der Waals surface area contributed by atoms with E-state index in [2.05, 4.69) is 15.5 Å². The highest BCUT2D eigenvalue weighted by Gasteiger charge is 2.20. The van der Waals surface area contributed by atoms with Gasteiger partial charge < -0.3 is 19.2 Å². The van der Waals surface area contributed by atoms with E-state index in [1.165, 1.54) is 18.9 Å².